The molecule has 0 bridgehead atoms. The Morgan fingerprint density at radius 2 is 2.15 bits per heavy atom. The molecule has 176 valence electrons. The van der Waals surface area contributed by atoms with Crippen LogP contribution in [-0.2, 0) is 4.79 Å². The number of carbonyl (C=O) groups is 1. The third-order valence-electron chi connectivity index (χ3n) is 4.67. The normalized spacial score (nSPS) is 11.9. The molecule has 0 saturated carbocycles. The predicted octanol–water partition coefficient (Wildman–Crippen LogP) is 4.23. The van der Waals surface area contributed by atoms with Gasteiger partial charge in [-0.15, -0.1) is 0 Å². The number of amides is 1. The van der Waals surface area contributed by atoms with Gasteiger partial charge in [0.15, 0.2) is 0 Å². The molecule has 1 heterocycles. The van der Waals surface area contributed by atoms with Crippen LogP contribution in [0.5, 0.6) is 5.75 Å². The highest BCUT2D eigenvalue weighted by Crippen LogP contribution is 2.30. The topological polar surface area (TPSA) is 103 Å². The largest absolute Gasteiger partial charge is 0.492 e. The molecule has 0 spiro atoms. The molecule has 0 saturated heterocycles. The number of likely N-dealkylation sites (N-methyl/N-ethyl adjacent to an activating group) is 1. The molecule has 2 aromatic carbocycles. The molecule has 0 aliphatic heterocycles. The summed E-state index contributed by atoms with van der Waals surface area (Å²) in [6.07, 6.45) is 4.33. The van der Waals surface area contributed by atoms with Crippen molar-refractivity contribution >= 4 is 39.8 Å². The van der Waals surface area contributed by atoms with Crippen LogP contribution in [0.3, 0.4) is 0 Å². The summed E-state index contributed by atoms with van der Waals surface area (Å²) in [4.78, 5) is 18.9. The fourth-order valence-electron chi connectivity index (χ4n) is 3.15. The molecule has 1 amide bonds. The quantitative estimate of drug-likeness (QED) is 0.386. The van der Waals surface area contributed by atoms with Gasteiger partial charge >= 0.3 is 0 Å². The van der Waals surface area contributed by atoms with Crippen LogP contribution in [0.2, 0.25) is 5.02 Å². The zero-order valence-electron chi connectivity index (χ0n) is 18.8. The van der Waals surface area contributed by atoms with Crippen molar-refractivity contribution in [2.24, 2.45) is 4.99 Å². The standard InChI is InChI=1S/C24H23ClFN5O3/c1-4-34-22-12-21-17(11-20(22)29-23(32)6-5-9-30(2)3)24(15(13-27)14-31(21)33)28-16-7-8-19(26)18(25)10-16/h5-8,10-12,14,33H,4,9H2,1-3H3,(H,29,32)/b6-5+,28-24?. The van der Waals surface area contributed by atoms with Gasteiger partial charge in [0, 0.05) is 24.1 Å². The Balaban J connectivity index is 2.22. The van der Waals surface area contributed by atoms with E-state index in [0.717, 1.165) is 4.73 Å². The Morgan fingerprint density at radius 3 is 2.79 bits per heavy atom. The van der Waals surface area contributed by atoms with Crippen LogP contribution in [0.15, 0.2) is 53.7 Å². The Bertz CT molecular complexity index is 1380. The summed E-state index contributed by atoms with van der Waals surface area (Å²) in [5.74, 6) is -0.646. The lowest BCUT2D eigenvalue weighted by Crippen LogP contribution is -2.16. The number of rotatable bonds is 7. The summed E-state index contributed by atoms with van der Waals surface area (Å²) < 4.78 is 20.0. The summed E-state index contributed by atoms with van der Waals surface area (Å²) in [6.45, 7) is 2.69. The highest BCUT2D eigenvalue weighted by molar-refractivity contribution is 6.31. The molecule has 3 rings (SSSR count). The van der Waals surface area contributed by atoms with E-state index in [-0.39, 0.29) is 27.4 Å². The van der Waals surface area contributed by atoms with E-state index in [0.29, 0.717) is 35.7 Å². The number of anilines is 1. The van der Waals surface area contributed by atoms with Crippen LogP contribution in [0.25, 0.3) is 10.9 Å². The lowest BCUT2D eigenvalue weighted by Gasteiger charge is -2.14. The van der Waals surface area contributed by atoms with Gasteiger partial charge in [0.05, 0.1) is 45.6 Å². The minimum absolute atomic E-state index is 0.0581. The van der Waals surface area contributed by atoms with E-state index in [1.54, 1.807) is 19.1 Å². The molecule has 0 aliphatic rings. The van der Waals surface area contributed by atoms with Gasteiger partial charge in [-0.25, -0.2) is 9.38 Å². The summed E-state index contributed by atoms with van der Waals surface area (Å²) >= 11 is 5.88. The van der Waals surface area contributed by atoms with E-state index in [1.165, 1.54) is 36.5 Å². The first-order chi connectivity index (χ1) is 16.2. The first kappa shape index (κ1) is 24.8. The Hall–Kier alpha value is -3.87. The average molecular weight is 484 g/mol. The molecular weight excluding hydrogens is 461 g/mol. The van der Waals surface area contributed by atoms with E-state index in [2.05, 4.69) is 10.3 Å². The number of fused-ring (bicyclic) bond motifs is 1. The fraction of sp³-hybridized carbons (Fsp3) is 0.208. The minimum atomic E-state index is -0.596. The third-order valence-corrected chi connectivity index (χ3v) is 4.96. The molecule has 0 fully saturated rings. The Kier molecular flexibility index (Phi) is 7.89. The second-order valence-electron chi connectivity index (χ2n) is 7.51. The molecular formula is C24H23ClFN5O3. The predicted molar refractivity (Wildman–Crippen MR) is 128 cm³/mol. The van der Waals surface area contributed by atoms with Crippen LogP contribution in [0, 0.1) is 17.1 Å². The lowest BCUT2D eigenvalue weighted by atomic mass is 10.1. The monoisotopic (exact) mass is 483 g/mol. The van der Waals surface area contributed by atoms with Crippen molar-refractivity contribution in [2.45, 2.75) is 6.92 Å². The summed E-state index contributed by atoms with van der Waals surface area (Å²) in [5, 5.41) is 23.4. The Labute approximate surface area is 200 Å². The van der Waals surface area contributed by atoms with Crippen LogP contribution in [0.1, 0.15) is 12.5 Å². The number of pyridine rings is 1. The molecule has 0 radical (unpaired) electrons. The van der Waals surface area contributed by atoms with Gasteiger partial charge in [-0.3, -0.25) is 4.79 Å². The van der Waals surface area contributed by atoms with E-state index in [4.69, 9.17) is 16.3 Å². The highest BCUT2D eigenvalue weighted by Gasteiger charge is 2.15. The number of carbonyl (C=O) groups excluding carboxylic acids is 1. The second kappa shape index (κ2) is 10.8. The third kappa shape index (κ3) is 5.73. The van der Waals surface area contributed by atoms with Crippen molar-refractivity contribution in [1.29, 1.82) is 5.26 Å². The molecule has 8 nitrogen and oxygen atoms in total. The number of nitrogens with zero attached hydrogens (tertiary/aromatic N) is 4. The number of halogens is 2. The van der Waals surface area contributed by atoms with Gasteiger partial charge in [-0.05, 0) is 45.3 Å². The van der Waals surface area contributed by atoms with Gasteiger partial charge in [0.25, 0.3) is 0 Å². The van der Waals surface area contributed by atoms with Crippen LogP contribution >= 0.6 is 11.6 Å². The Morgan fingerprint density at radius 1 is 1.38 bits per heavy atom. The van der Waals surface area contributed by atoms with Crippen molar-refractivity contribution in [3.8, 4) is 11.8 Å². The smallest absolute Gasteiger partial charge is 0.248 e. The van der Waals surface area contributed by atoms with Gasteiger partial charge in [0.2, 0.25) is 5.91 Å². The summed E-state index contributed by atoms with van der Waals surface area (Å²) in [7, 11) is 3.77. The van der Waals surface area contributed by atoms with Crippen LogP contribution in [-0.4, -0.2) is 48.0 Å². The number of ether oxygens (including phenoxy) is 1. The van der Waals surface area contributed by atoms with Gasteiger partial charge in [0.1, 0.15) is 17.6 Å². The van der Waals surface area contributed by atoms with Gasteiger partial charge < -0.3 is 20.2 Å². The fourth-order valence-corrected chi connectivity index (χ4v) is 3.32. The molecule has 0 aliphatic carbocycles. The molecule has 10 heteroatoms. The lowest BCUT2D eigenvalue weighted by molar-refractivity contribution is -0.111. The van der Waals surface area contributed by atoms with E-state index in [9.17, 15) is 19.7 Å². The number of benzene rings is 2. The molecule has 0 unspecified atom stereocenters. The van der Waals surface area contributed by atoms with Crippen molar-refractivity contribution < 1.29 is 19.1 Å². The molecule has 34 heavy (non-hydrogen) atoms. The number of nitrogens with one attached hydrogen (secondary N) is 1. The first-order valence-corrected chi connectivity index (χ1v) is 10.7. The number of hydrogen-bond donors (Lipinski definition) is 2. The average Bonchev–Trinajstić information content (AvgIpc) is 2.78. The number of hydrogen-bond acceptors (Lipinski definition) is 6. The number of aromatic nitrogens is 1. The van der Waals surface area contributed by atoms with Crippen molar-refractivity contribution in [1.82, 2.24) is 9.63 Å². The maximum Gasteiger partial charge on any atom is 0.248 e. The van der Waals surface area contributed by atoms with Crippen molar-refractivity contribution in [3.05, 3.63) is 70.4 Å². The maximum atomic E-state index is 13.6. The molecule has 2 N–H and O–H groups in total. The van der Waals surface area contributed by atoms with Gasteiger partial charge in [-0.1, -0.05) is 17.7 Å². The number of nitriles is 1. The zero-order chi connectivity index (χ0) is 24.8. The second-order valence-corrected chi connectivity index (χ2v) is 7.92. The summed E-state index contributed by atoms with van der Waals surface area (Å²) in [6, 6.07) is 9.02. The highest BCUT2D eigenvalue weighted by atomic mass is 35.5. The molecule has 1 aromatic heterocycles. The minimum Gasteiger partial charge on any atom is -0.492 e. The van der Waals surface area contributed by atoms with E-state index < -0.39 is 5.82 Å². The summed E-state index contributed by atoms with van der Waals surface area (Å²) in [5.41, 5.74) is 0.988. The SMILES string of the molecule is CCOc1cc2c(cc1NC(=O)/C=C/CN(C)C)c(=Nc1ccc(F)c(Cl)c1)c(C#N)cn2O. The van der Waals surface area contributed by atoms with Crippen molar-refractivity contribution in [3.63, 3.8) is 0 Å². The maximum absolute atomic E-state index is 13.6. The zero-order valence-corrected chi connectivity index (χ0v) is 19.6. The van der Waals surface area contributed by atoms with Crippen molar-refractivity contribution in [2.75, 3.05) is 32.6 Å². The van der Waals surface area contributed by atoms with E-state index >= 15 is 0 Å². The van der Waals surface area contributed by atoms with Crippen LogP contribution in [0.4, 0.5) is 15.8 Å². The first-order valence-electron chi connectivity index (χ1n) is 10.3. The molecule has 0 atom stereocenters. The van der Waals surface area contributed by atoms with Crippen LogP contribution < -0.4 is 15.4 Å². The van der Waals surface area contributed by atoms with Gasteiger partial charge in [-0.2, -0.15) is 9.99 Å². The van der Waals surface area contributed by atoms with E-state index in [1.807, 2.05) is 25.1 Å². The molecule has 3 aromatic rings.